The first-order valence-corrected chi connectivity index (χ1v) is 8.65. The van der Waals surface area contributed by atoms with Crippen LogP contribution in [0.5, 0.6) is 0 Å². The Morgan fingerprint density at radius 2 is 2.30 bits per heavy atom. The zero-order valence-electron chi connectivity index (χ0n) is 11.0. The van der Waals surface area contributed by atoms with Gasteiger partial charge in [0, 0.05) is 23.3 Å². The fourth-order valence-electron chi connectivity index (χ4n) is 2.40. The normalized spacial score (nSPS) is 14.6. The SMILES string of the molecule is CNS(=O)(=O)c1ccc2c(c1)CCN2Cc1cncs1. The molecule has 1 aliphatic heterocycles. The molecule has 0 unspecified atom stereocenters. The predicted molar refractivity (Wildman–Crippen MR) is 79.6 cm³/mol. The van der Waals surface area contributed by atoms with Gasteiger partial charge in [0.15, 0.2) is 0 Å². The Morgan fingerprint density at radius 3 is 3.00 bits per heavy atom. The number of aromatic nitrogens is 1. The molecule has 5 nitrogen and oxygen atoms in total. The van der Waals surface area contributed by atoms with Crippen LogP contribution < -0.4 is 9.62 Å². The molecule has 3 rings (SSSR count). The van der Waals surface area contributed by atoms with Crippen molar-refractivity contribution >= 4 is 27.0 Å². The Bertz CT molecular complexity index is 711. The fraction of sp³-hybridized carbons (Fsp3) is 0.308. The van der Waals surface area contributed by atoms with Crippen molar-refractivity contribution in [2.24, 2.45) is 0 Å². The standard InChI is InChI=1S/C13H15N3O2S2/c1-14-20(17,18)12-2-3-13-10(6-12)4-5-16(13)8-11-7-15-9-19-11/h2-3,6-7,9,14H,4-5,8H2,1H3. The highest BCUT2D eigenvalue weighted by Gasteiger charge is 2.22. The number of sulfonamides is 1. The van der Waals surface area contributed by atoms with E-state index in [1.165, 1.54) is 11.9 Å². The Kier molecular flexibility index (Phi) is 3.49. The average Bonchev–Trinajstić information content (AvgIpc) is 3.09. The molecule has 0 bridgehead atoms. The van der Waals surface area contributed by atoms with Crippen molar-refractivity contribution in [1.82, 2.24) is 9.71 Å². The summed E-state index contributed by atoms with van der Waals surface area (Å²) >= 11 is 1.64. The van der Waals surface area contributed by atoms with Crippen LogP contribution in [0.2, 0.25) is 0 Å². The van der Waals surface area contributed by atoms with Gasteiger partial charge < -0.3 is 4.90 Å². The minimum atomic E-state index is -3.36. The lowest BCUT2D eigenvalue weighted by Gasteiger charge is -2.18. The van der Waals surface area contributed by atoms with E-state index >= 15 is 0 Å². The Morgan fingerprint density at radius 1 is 1.45 bits per heavy atom. The Hall–Kier alpha value is -1.44. The second-order valence-electron chi connectivity index (χ2n) is 4.64. The molecule has 0 spiro atoms. The molecule has 1 aliphatic rings. The second-order valence-corrected chi connectivity index (χ2v) is 7.49. The number of benzene rings is 1. The van der Waals surface area contributed by atoms with Gasteiger partial charge in [-0.05, 0) is 37.2 Å². The minimum Gasteiger partial charge on any atom is -0.366 e. The van der Waals surface area contributed by atoms with Crippen molar-refractivity contribution in [3.05, 3.63) is 40.3 Å². The maximum Gasteiger partial charge on any atom is 0.240 e. The van der Waals surface area contributed by atoms with Crippen LogP contribution in [0.4, 0.5) is 5.69 Å². The van der Waals surface area contributed by atoms with E-state index in [4.69, 9.17) is 0 Å². The lowest BCUT2D eigenvalue weighted by molar-refractivity contribution is 0.588. The average molecular weight is 309 g/mol. The molecular formula is C13H15N3O2S2. The molecule has 0 aliphatic carbocycles. The zero-order valence-corrected chi connectivity index (χ0v) is 12.7. The molecule has 7 heteroatoms. The molecule has 0 saturated carbocycles. The molecule has 0 amide bonds. The summed E-state index contributed by atoms with van der Waals surface area (Å²) in [4.78, 5) is 7.89. The minimum absolute atomic E-state index is 0.332. The van der Waals surface area contributed by atoms with Crippen LogP contribution in [0.25, 0.3) is 0 Å². The van der Waals surface area contributed by atoms with Gasteiger partial charge in [-0.2, -0.15) is 0 Å². The number of fused-ring (bicyclic) bond motifs is 1. The molecule has 20 heavy (non-hydrogen) atoms. The number of nitrogens with zero attached hydrogens (tertiary/aromatic N) is 2. The smallest absolute Gasteiger partial charge is 0.240 e. The topological polar surface area (TPSA) is 62.3 Å². The fourth-order valence-corrected chi connectivity index (χ4v) is 3.79. The zero-order chi connectivity index (χ0) is 14.2. The second kappa shape index (κ2) is 5.16. The molecule has 0 atom stereocenters. The van der Waals surface area contributed by atoms with Gasteiger partial charge in [-0.25, -0.2) is 13.1 Å². The summed E-state index contributed by atoms with van der Waals surface area (Å²) in [5.41, 5.74) is 4.04. The Balaban J connectivity index is 1.88. The van der Waals surface area contributed by atoms with E-state index in [-0.39, 0.29) is 0 Å². The van der Waals surface area contributed by atoms with Crippen LogP contribution in [-0.2, 0) is 23.0 Å². The third-order valence-electron chi connectivity index (χ3n) is 3.45. The summed E-state index contributed by atoms with van der Waals surface area (Å²) in [6, 6.07) is 5.33. The van der Waals surface area contributed by atoms with Gasteiger partial charge in [0.2, 0.25) is 10.0 Å². The van der Waals surface area contributed by atoms with Gasteiger partial charge in [-0.15, -0.1) is 11.3 Å². The Labute approximate surface area is 122 Å². The number of anilines is 1. The summed E-state index contributed by atoms with van der Waals surface area (Å²) in [7, 11) is -1.93. The summed E-state index contributed by atoms with van der Waals surface area (Å²) in [6.45, 7) is 1.74. The van der Waals surface area contributed by atoms with Gasteiger partial charge in [-0.1, -0.05) is 0 Å². The summed E-state index contributed by atoms with van der Waals surface area (Å²) in [6.07, 6.45) is 2.75. The molecule has 2 aromatic rings. The highest BCUT2D eigenvalue weighted by molar-refractivity contribution is 7.89. The van der Waals surface area contributed by atoms with E-state index < -0.39 is 10.0 Å². The molecule has 1 aromatic heterocycles. The summed E-state index contributed by atoms with van der Waals surface area (Å²) in [5.74, 6) is 0. The third-order valence-corrected chi connectivity index (χ3v) is 5.63. The maximum absolute atomic E-state index is 11.8. The van der Waals surface area contributed by atoms with Crippen molar-refractivity contribution < 1.29 is 8.42 Å². The van der Waals surface area contributed by atoms with Crippen molar-refractivity contribution in [2.75, 3.05) is 18.5 Å². The van der Waals surface area contributed by atoms with Crippen molar-refractivity contribution in [3.8, 4) is 0 Å². The first-order chi connectivity index (χ1) is 9.60. The van der Waals surface area contributed by atoms with Gasteiger partial charge in [0.05, 0.1) is 17.0 Å². The van der Waals surface area contributed by atoms with Gasteiger partial charge in [0.1, 0.15) is 0 Å². The van der Waals surface area contributed by atoms with Gasteiger partial charge >= 0.3 is 0 Å². The molecule has 106 valence electrons. The highest BCUT2D eigenvalue weighted by atomic mass is 32.2. The molecule has 1 N–H and O–H groups in total. The molecule has 0 saturated heterocycles. The van der Waals surface area contributed by atoms with Crippen LogP contribution in [0.15, 0.2) is 34.8 Å². The number of hydrogen-bond acceptors (Lipinski definition) is 5. The first-order valence-electron chi connectivity index (χ1n) is 6.29. The van der Waals surface area contributed by atoms with E-state index in [1.807, 2.05) is 17.8 Å². The lowest BCUT2D eigenvalue weighted by atomic mass is 10.2. The van der Waals surface area contributed by atoms with Crippen LogP contribution in [0, 0.1) is 0 Å². The molecular weight excluding hydrogens is 294 g/mol. The molecule has 2 heterocycles. The van der Waals surface area contributed by atoms with E-state index in [0.29, 0.717) is 4.90 Å². The number of hydrogen-bond donors (Lipinski definition) is 1. The third kappa shape index (κ3) is 2.44. The largest absolute Gasteiger partial charge is 0.366 e. The number of thiazole rings is 1. The molecule has 0 radical (unpaired) electrons. The van der Waals surface area contributed by atoms with Crippen LogP contribution in [0.1, 0.15) is 10.4 Å². The van der Waals surface area contributed by atoms with Crippen molar-refractivity contribution in [2.45, 2.75) is 17.9 Å². The molecule has 1 aromatic carbocycles. The van der Waals surface area contributed by atoms with Crippen molar-refractivity contribution in [1.29, 1.82) is 0 Å². The van der Waals surface area contributed by atoms with Gasteiger partial charge in [0.25, 0.3) is 0 Å². The first kappa shape index (κ1) is 13.5. The maximum atomic E-state index is 11.8. The molecule has 0 fully saturated rings. The van der Waals surface area contributed by atoms with Crippen LogP contribution in [-0.4, -0.2) is 27.0 Å². The van der Waals surface area contributed by atoms with Gasteiger partial charge in [-0.3, -0.25) is 4.98 Å². The van der Waals surface area contributed by atoms with Crippen molar-refractivity contribution in [3.63, 3.8) is 0 Å². The van der Waals surface area contributed by atoms with Crippen LogP contribution >= 0.6 is 11.3 Å². The van der Waals surface area contributed by atoms with E-state index in [2.05, 4.69) is 14.6 Å². The lowest BCUT2D eigenvalue weighted by Crippen LogP contribution is -2.19. The summed E-state index contributed by atoms with van der Waals surface area (Å²) < 4.78 is 26.0. The quantitative estimate of drug-likeness (QED) is 0.932. The van der Waals surface area contributed by atoms with E-state index in [0.717, 1.165) is 30.8 Å². The number of nitrogens with one attached hydrogen (secondary N) is 1. The monoisotopic (exact) mass is 309 g/mol. The van der Waals surface area contributed by atoms with E-state index in [1.54, 1.807) is 23.5 Å². The van der Waals surface area contributed by atoms with E-state index in [9.17, 15) is 8.42 Å². The number of rotatable bonds is 4. The highest BCUT2D eigenvalue weighted by Crippen LogP contribution is 2.31. The predicted octanol–water partition coefficient (Wildman–Crippen LogP) is 1.61. The van der Waals surface area contributed by atoms with Crippen LogP contribution in [0.3, 0.4) is 0 Å². The summed E-state index contributed by atoms with van der Waals surface area (Å²) in [5, 5.41) is 0.